The minimum atomic E-state index is -0.204. The summed E-state index contributed by atoms with van der Waals surface area (Å²) in [6, 6.07) is 9.94. The van der Waals surface area contributed by atoms with E-state index in [2.05, 4.69) is 9.88 Å². The molecule has 0 bridgehead atoms. The Morgan fingerprint density at radius 3 is 2.65 bits per heavy atom. The van der Waals surface area contributed by atoms with Gasteiger partial charge in [0, 0.05) is 45.4 Å². The maximum atomic E-state index is 12.3. The summed E-state index contributed by atoms with van der Waals surface area (Å²) in [5.74, 6) is 1.58. The predicted octanol–water partition coefficient (Wildman–Crippen LogP) is 1.35. The summed E-state index contributed by atoms with van der Waals surface area (Å²) < 4.78 is 11.1. The first kappa shape index (κ1) is 18.6. The molecule has 2 heterocycles. The third-order valence-electron chi connectivity index (χ3n) is 4.69. The summed E-state index contributed by atoms with van der Waals surface area (Å²) in [7, 11) is 1.59. The van der Waals surface area contributed by atoms with Crippen LogP contribution in [0.1, 0.15) is 12.3 Å². The van der Waals surface area contributed by atoms with Crippen LogP contribution in [-0.2, 0) is 16.1 Å². The van der Waals surface area contributed by atoms with Crippen LogP contribution in [-0.4, -0.2) is 66.6 Å². The molecule has 1 amide bonds. The number of piperazine rings is 1. The van der Waals surface area contributed by atoms with Crippen LogP contribution in [0.4, 0.5) is 0 Å². The molecule has 1 aliphatic rings. The van der Waals surface area contributed by atoms with Gasteiger partial charge in [-0.3, -0.25) is 9.69 Å². The number of oxazole rings is 1. The summed E-state index contributed by atoms with van der Waals surface area (Å²) in [4.78, 5) is 20.8. The molecule has 2 N–H and O–H groups in total. The molecule has 140 valence electrons. The Bertz CT molecular complexity index is 692. The summed E-state index contributed by atoms with van der Waals surface area (Å²) in [6.07, 6.45) is 1.90. The van der Waals surface area contributed by atoms with E-state index < -0.39 is 0 Å². The van der Waals surface area contributed by atoms with Gasteiger partial charge in [-0.2, -0.15) is 0 Å². The van der Waals surface area contributed by atoms with E-state index in [1.165, 1.54) is 0 Å². The van der Waals surface area contributed by atoms with E-state index in [4.69, 9.17) is 14.9 Å². The summed E-state index contributed by atoms with van der Waals surface area (Å²) in [5, 5.41) is 0. The number of methoxy groups -OCH3 is 1. The molecule has 1 aromatic heterocycles. The lowest BCUT2D eigenvalue weighted by atomic mass is 10.2. The number of hydrogen-bond acceptors (Lipinski definition) is 6. The number of hydrogen-bond donors (Lipinski definition) is 1. The highest BCUT2D eigenvalue weighted by Gasteiger charge is 2.24. The van der Waals surface area contributed by atoms with E-state index in [0.29, 0.717) is 38.5 Å². The Kier molecular flexibility index (Phi) is 6.38. The van der Waals surface area contributed by atoms with Gasteiger partial charge in [-0.15, -0.1) is 0 Å². The molecule has 1 aromatic carbocycles. The molecule has 0 radical (unpaired) electrons. The Morgan fingerprint density at radius 1 is 1.27 bits per heavy atom. The Morgan fingerprint density at radius 2 is 2.00 bits per heavy atom. The van der Waals surface area contributed by atoms with Gasteiger partial charge in [-0.05, 0) is 0 Å². The molecule has 1 fully saturated rings. The van der Waals surface area contributed by atoms with Crippen molar-refractivity contribution >= 4 is 5.91 Å². The number of carbonyl (C=O) groups is 1. The number of amides is 1. The van der Waals surface area contributed by atoms with Crippen LogP contribution in [0.25, 0.3) is 11.3 Å². The zero-order valence-corrected chi connectivity index (χ0v) is 15.1. The second-order valence-electron chi connectivity index (χ2n) is 6.44. The molecule has 0 spiro atoms. The van der Waals surface area contributed by atoms with Gasteiger partial charge >= 0.3 is 0 Å². The maximum absolute atomic E-state index is 12.3. The molecular weight excluding hydrogens is 332 g/mol. The zero-order valence-electron chi connectivity index (χ0n) is 15.1. The topological polar surface area (TPSA) is 84.8 Å². The predicted molar refractivity (Wildman–Crippen MR) is 98.3 cm³/mol. The average molecular weight is 358 g/mol. The number of rotatable bonds is 7. The molecule has 3 rings (SSSR count). The van der Waals surface area contributed by atoms with Gasteiger partial charge < -0.3 is 19.8 Å². The first-order chi connectivity index (χ1) is 12.7. The second-order valence-corrected chi connectivity index (χ2v) is 6.44. The van der Waals surface area contributed by atoms with E-state index in [1.807, 2.05) is 35.2 Å². The first-order valence-corrected chi connectivity index (χ1v) is 8.92. The molecule has 0 aliphatic carbocycles. The SMILES string of the molecule is COC(CN)CC(=O)N1CCN(Cc2ncc(-c3ccccc3)o2)CC1. The molecular formula is C19H26N4O3. The van der Waals surface area contributed by atoms with Crippen molar-refractivity contribution in [1.82, 2.24) is 14.8 Å². The van der Waals surface area contributed by atoms with Gasteiger partial charge in [0.15, 0.2) is 5.76 Å². The summed E-state index contributed by atoms with van der Waals surface area (Å²) in [5.41, 5.74) is 6.61. The van der Waals surface area contributed by atoms with Crippen LogP contribution in [0.15, 0.2) is 40.9 Å². The van der Waals surface area contributed by atoms with E-state index in [9.17, 15) is 4.79 Å². The Balaban J connectivity index is 1.49. The standard InChI is InChI=1S/C19H26N4O3/c1-25-16(12-20)11-19(24)23-9-7-22(8-10-23)14-18-21-13-17(26-18)15-5-3-2-4-6-15/h2-6,13,16H,7-12,14,20H2,1H3. The van der Waals surface area contributed by atoms with Gasteiger partial charge in [0.05, 0.1) is 25.3 Å². The van der Waals surface area contributed by atoms with Crippen molar-refractivity contribution in [2.45, 2.75) is 19.1 Å². The fourth-order valence-electron chi connectivity index (χ4n) is 3.05. The van der Waals surface area contributed by atoms with Crippen LogP contribution in [0, 0.1) is 0 Å². The van der Waals surface area contributed by atoms with Crippen molar-refractivity contribution in [2.75, 3.05) is 39.8 Å². The molecule has 1 atom stereocenters. The summed E-state index contributed by atoms with van der Waals surface area (Å²) >= 11 is 0. The van der Waals surface area contributed by atoms with Crippen LogP contribution in [0.2, 0.25) is 0 Å². The van der Waals surface area contributed by atoms with Crippen molar-refractivity contribution in [1.29, 1.82) is 0 Å². The van der Waals surface area contributed by atoms with E-state index in [-0.39, 0.29) is 12.0 Å². The lowest BCUT2D eigenvalue weighted by Crippen LogP contribution is -2.49. The lowest BCUT2D eigenvalue weighted by molar-refractivity contribution is -0.135. The van der Waals surface area contributed by atoms with Crippen LogP contribution in [0.5, 0.6) is 0 Å². The minimum absolute atomic E-state index is 0.101. The van der Waals surface area contributed by atoms with Crippen molar-refractivity contribution in [3.8, 4) is 11.3 Å². The summed E-state index contributed by atoms with van der Waals surface area (Å²) in [6.45, 7) is 4.01. The third-order valence-corrected chi connectivity index (χ3v) is 4.69. The molecule has 7 heteroatoms. The highest BCUT2D eigenvalue weighted by atomic mass is 16.5. The van der Waals surface area contributed by atoms with Gasteiger partial charge in [0.2, 0.25) is 11.8 Å². The van der Waals surface area contributed by atoms with Crippen LogP contribution in [0.3, 0.4) is 0 Å². The lowest BCUT2D eigenvalue weighted by Gasteiger charge is -2.34. The van der Waals surface area contributed by atoms with Crippen molar-refractivity contribution in [3.63, 3.8) is 0 Å². The zero-order chi connectivity index (χ0) is 18.4. The molecule has 1 unspecified atom stereocenters. The van der Waals surface area contributed by atoms with Crippen molar-refractivity contribution in [2.24, 2.45) is 5.73 Å². The number of aromatic nitrogens is 1. The quantitative estimate of drug-likeness (QED) is 0.804. The Labute approximate surface area is 153 Å². The molecule has 7 nitrogen and oxygen atoms in total. The molecule has 1 aliphatic heterocycles. The molecule has 2 aromatic rings. The van der Waals surface area contributed by atoms with Gasteiger partial charge in [0.25, 0.3) is 0 Å². The fraction of sp³-hybridized carbons (Fsp3) is 0.474. The highest BCUT2D eigenvalue weighted by molar-refractivity contribution is 5.76. The normalized spacial score (nSPS) is 16.6. The second kappa shape index (κ2) is 8.93. The smallest absolute Gasteiger partial charge is 0.225 e. The molecule has 1 saturated heterocycles. The van der Waals surface area contributed by atoms with Crippen molar-refractivity contribution in [3.05, 3.63) is 42.4 Å². The van der Waals surface area contributed by atoms with E-state index >= 15 is 0 Å². The monoisotopic (exact) mass is 358 g/mol. The molecule has 26 heavy (non-hydrogen) atoms. The van der Waals surface area contributed by atoms with Gasteiger partial charge in [0.1, 0.15) is 0 Å². The minimum Gasteiger partial charge on any atom is -0.439 e. The van der Waals surface area contributed by atoms with Gasteiger partial charge in [-0.1, -0.05) is 30.3 Å². The number of nitrogens with two attached hydrogens (primary N) is 1. The van der Waals surface area contributed by atoms with E-state index in [1.54, 1.807) is 13.3 Å². The number of ether oxygens (including phenoxy) is 1. The molecule has 0 saturated carbocycles. The van der Waals surface area contributed by atoms with Crippen LogP contribution >= 0.6 is 0 Å². The number of benzene rings is 1. The van der Waals surface area contributed by atoms with Crippen LogP contribution < -0.4 is 5.73 Å². The number of nitrogens with zero attached hydrogens (tertiary/aromatic N) is 3. The highest BCUT2D eigenvalue weighted by Crippen LogP contribution is 2.20. The average Bonchev–Trinajstić information content (AvgIpc) is 3.15. The Hall–Kier alpha value is -2.22. The fourth-order valence-corrected chi connectivity index (χ4v) is 3.05. The number of carbonyl (C=O) groups excluding carboxylic acids is 1. The largest absolute Gasteiger partial charge is 0.439 e. The third kappa shape index (κ3) is 4.69. The van der Waals surface area contributed by atoms with E-state index in [0.717, 1.165) is 24.4 Å². The van der Waals surface area contributed by atoms with Gasteiger partial charge in [-0.25, -0.2) is 4.98 Å². The first-order valence-electron chi connectivity index (χ1n) is 8.92. The maximum Gasteiger partial charge on any atom is 0.225 e. The van der Waals surface area contributed by atoms with Crippen molar-refractivity contribution < 1.29 is 13.9 Å².